The summed E-state index contributed by atoms with van der Waals surface area (Å²) < 4.78 is 0. The van der Waals surface area contributed by atoms with E-state index in [1.165, 1.54) is 0 Å². The second-order valence-electron chi connectivity index (χ2n) is 6.36. The highest BCUT2D eigenvalue weighted by Crippen LogP contribution is 2.19. The van der Waals surface area contributed by atoms with Gasteiger partial charge in [0.2, 0.25) is 11.8 Å². The van der Waals surface area contributed by atoms with Gasteiger partial charge in [0.25, 0.3) is 0 Å². The molecule has 2 rings (SSSR count). The van der Waals surface area contributed by atoms with E-state index in [4.69, 9.17) is 0 Å². The summed E-state index contributed by atoms with van der Waals surface area (Å²) in [7, 11) is 0. The molecule has 0 aromatic heterocycles. The summed E-state index contributed by atoms with van der Waals surface area (Å²) in [6.07, 6.45) is 0.873. The van der Waals surface area contributed by atoms with E-state index in [-0.39, 0.29) is 17.6 Å². The number of phenols is 1. The number of phenolic OH excluding ortho intramolecular Hbond substituents is 1. The Morgan fingerprint density at radius 2 is 1.80 bits per heavy atom. The van der Waals surface area contributed by atoms with Crippen LogP contribution in [-0.4, -0.2) is 67.1 Å². The van der Waals surface area contributed by atoms with Crippen molar-refractivity contribution in [2.24, 2.45) is 0 Å². The monoisotopic (exact) mass is 348 g/mol. The number of carbonyl (C=O) groups is 2. The van der Waals surface area contributed by atoms with Crippen LogP contribution in [0.2, 0.25) is 0 Å². The lowest BCUT2D eigenvalue weighted by atomic mass is 10.2. The van der Waals surface area contributed by atoms with Gasteiger partial charge in [0.1, 0.15) is 11.8 Å². The van der Waals surface area contributed by atoms with Gasteiger partial charge in [0.05, 0.1) is 6.54 Å². The number of carbonyl (C=O) groups excluding carboxylic acids is 2. The lowest BCUT2D eigenvalue weighted by Crippen LogP contribution is -2.52. The zero-order valence-electron chi connectivity index (χ0n) is 15.0. The molecular weight excluding hydrogens is 320 g/mol. The third kappa shape index (κ3) is 5.94. The van der Waals surface area contributed by atoms with Gasteiger partial charge < -0.3 is 20.6 Å². The van der Waals surface area contributed by atoms with Crippen LogP contribution < -0.4 is 15.5 Å². The molecule has 0 radical (unpaired) electrons. The molecule has 0 spiro atoms. The summed E-state index contributed by atoms with van der Waals surface area (Å²) in [6.45, 7) is 7.82. The Labute approximate surface area is 149 Å². The van der Waals surface area contributed by atoms with E-state index in [1.807, 2.05) is 19.1 Å². The highest BCUT2D eigenvalue weighted by atomic mass is 16.3. The molecule has 1 aliphatic heterocycles. The minimum absolute atomic E-state index is 0.128. The fourth-order valence-electron chi connectivity index (χ4n) is 2.78. The first kappa shape index (κ1) is 19.1. The average molecular weight is 348 g/mol. The van der Waals surface area contributed by atoms with E-state index in [0.29, 0.717) is 13.1 Å². The number of hydrogen-bond acceptors (Lipinski definition) is 5. The first-order chi connectivity index (χ1) is 12.0. The molecule has 2 amide bonds. The zero-order valence-corrected chi connectivity index (χ0v) is 15.0. The summed E-state index contributed by atoms with van der Waals surface area (Å²) in [5.74, 6) is -0.0132. The fourth-order valence-corrected chi connectivity index (χ4v) is 2.78. The van der Waals surface area contributed by atoms with E-state index in [1.54, 1.807) is 19.1 Å². The fraction of sp³-hybridized carbons (Fsp3) is 0.556. The maximum absolute atomic E-state index is 12.1. The highest BCUT2D eigenvalue weighted by Gasteiger charge is 2.21. The molecule has 1 aromatic carbocycles. The first-order valence-corrected chi connectivity index (χ1v) is 8.83. The Morgan fingerprint density at radius 3 is 2.40 bits per heavy atom. The van der Waals surface area contributed by atoms with Gasteiger partial charge in [0.15, 0.2) is 0 Å². The second kappa shape index (κ2) is 9.27. The first-order valence-electron chi connectivity index (χ1n) is 8.83. The van der Waals surface area contributed by atoms with Crippen LogP contribution in [0.4, 0.5) is 5.69 Å². The predicted octanol–water partition coefficient (Wildman–Crippen LogP) is 0.545. The Morgan fingerprint density at radius 1 is 1.16 bits per heavy atom. The number of nitrogens with one attached hydrogen (secondary N) is 2. The maximum Gasteiger partial charge on any atom is 0.242 e. The summed E-state index contributed by atoms with van der Waals surface area (Å²) >= 11 is 0. The minimum Gasteiger partial charge on any atom is -0.508 e. The zero-order chi connectivity index (χ0) is 18.2. The van der Waals surface area contributed by atoms with Crippen LogP contribution in [0.15, 0.2) is 24.3 Å². The molecule has 0 unspecified atom stereocenters. The molecule has 0 aliphatic carbocycles. The van der Waals surface area contributed by atoms with Gasteiger partial charge in [-0.25, -0.2) is 0 Å². The largest absolute Gasteiger partial charge is 0.508 e. The highest BCUT2D eigenvalue weighted by molar-refractivity contribution is 5.87. The van der Waals surface area contributed by atoms with Crippen LogP contribution in [0.25, 0.3) is 0 Å². The third-order valence-electron chi connectivity index (χ3n) is 4.27. The lowest BCUT2D eigenvalue weighted by Gasteiger charge is -2.35. The molecule has 1 atom stereocenters. The van der Waals surface area contributed by atoms with Crippen LogP contribution in [0.5, 0.6) is 5.75 Å². The van der Waals surface area contributed by atoms with E-state index in [0.717, 1.165) is 38.3 Å². The van der Waals surface area contributed by atoms with Crippen molar-refractivity contribution in [3.63, 3.8) is 0 Å². The Bertz CT molecular complexity index is 568. The number of nitrogens with zero attached hydrogens (tertiary/aromatic N) is 2. The Balaban J connectivity index is 1.73. The van der Waals surface area contributed by atoms with Crippen molar-refractivity contribution in [3.8, 4) is 5.75 Å². The minimum atomic E-state index is -0.516. The molecule has 138 valence electrons. The summed E-state index contributed by atoms with van der Waals surface area (Å²) in [4.78, 5) is 28.2. The second-order valence-corrected chi connectivity index (χ2v) is 6.36. The molecule has 0 saturated carbocycles. The van der Waals surface area contributed by atoms with Gasteiger partial charge in [-0.1, -0.05) is 6.92 Å². The SMILES string of the molecule is CCCNC(=O)[C@H](C)NC(=O)CN1CCN(c2ccc(O)cc2)CC1. The van der Waals surface area contributed by atoms with Crippen molar-refractivity contribution in [1.29, 1.82) is 0 Å². The molecule has 7 nitrogen and oxygen atoms in total. The van der Waals surface area contributed by atoms with Crippen LogP contribution in [0.1, 0.15) is 20.3 Å². The molecule has 0 bridgehead atoms. The molecule has 1 aromatic rings. The standard InChI is InChI=1S/C18H28N4O3/c1-3-8-19-18(25)14(2)20-17(24)13-21-9-11-22(12-10-21)15-4-6-16(23)7-5-15/h4-7,14,23H,3,8-13H2,1-2H3,(H,19,25)(H,20,24)/t14-/m0/s1. The third-order valence-corrected chi connectivity index (χ3v) is 4.27. The Kier molecular flexibility index (Phi) is 7.06. The van der Waals surface area contributed by atoms with Crippen LogP contribution in [0.3, 0.4) is 0 Å². The van der Waals surface area contributed by atoms with E-state index >= 15 is 0 Å². The van der Waals surface area contributed by atoms with Crippen LogP contribution in [-0.2, 0) is 9.59 Å². The van der Waals surface area contributed by atoms with Crippen molar-refractivity contribution < 1.29 is 14.7 Å². The Hall–Kier alpha value is -2.28. The van der Waals surface area contributed by atoms with Gasteiger partial charge in [-0.2, -0.15) is 0 Å². The van der Waals surface area contributed by atoms with E-state index in [9.17, 15) is 14.7 Å². The molecule has 3 N–H and O–H groups in total. The quantitative estimate of drug-likeness (QED) is 0.670. The van der Waals surface area contributed by atoms with Crippen LogP contribution in [0, 0.1) is 0 Å². The summed E-state index contributed by atoms with van der Waals surface area (Å²) in [6, 6.07) is 6.64. The van der Waals surface area contributed by atoms with Crippen LogP contribution >= 0.6 is 0 Å². The molecular formula is C18H28N4O3. The van der Waals surface area contributed by atoms with Crippen molar-refractivity contribution in [2.45, 2.75) is 26.3 Å². The number of benzene rings is 1. The van der Waals surface area contributed by atoms with Gasteiger partial charge in [-0.15, -0.1) is 0 Å². The molecule has 1 saturated heterocycles. The van der Waals surface area contributed by atoms with Crippen molar-refractivity contribution in [1.82, 2.24) is 15.5 Å². The van der Waals surface area contributed by atoms with E-state index < -0.39 is 6.04 Å². The van der Waals surface area contributed by atoms with Gasteiger partial charge in [-0.05, 0) is 37.6 Å². The number of anilines is 1. The molecule has 1 heterocycles. The average Bonchev–Trinajstić information content (AvgIpc) is 2.61. The summed E-state index contributed by atoms with van der Waals surface area (Å²) in [5.41, 5.74) is 1.07. The van der Waals surface area contributed by atoms with Gasteiger partial charge in [-0.3, -0.25) is 14.5 Å². The molecule has 1 fully saturated rings. The van der Waals surface area contributed by atoms with Crippen molar-refractivity contribution in [2.75, 3.05) is 44.2 Å². The molecule has 1 aliphatic rings. The van der Waals surface area contributed by atoms with Gasteiger partial charge in [0, 0.05) is 38.4 Å². The topological polar surface area (TPSA) is 84.9 Å². The van der Waals surface area contributed by atoms with E-state index in [2.05, 4.69) is 20.4 Å². The van der Waals surface area contributed by atoms with Gasteiger partial charge >= 0.3 is 0 Å². The summed E-state index contributed by atoms with van der Waals surface area (Å²) in [5, 5.41) is 14.9. The number of rotatable bonds is 7. The molecule has 25 heavy (non-hydrogen) atoms. The maximum atomic E-state index is 12.1. The van der Waals surface area contributed by atoms with Crippen molar-refractivity contribution >= 4 is 17.5 Å². The predicted molar refractivity (Wildman–Crippen MR) is 97.7 cm³/mol. The van der Waals surface area contributed by atoms with Crippen molar-refractivity contribution in [3.05, 3.63) is 24.3 Å². The number of piperazine rings is 1. The lowest BCUT2D eigenvalue weighted by molar-refractivity contribution is -0.129. The number of hydrogen-bond donors (Lipinski definition) is 3. The number of amides is 2. The molecule has 7 heteroatoms. The number of aromatic hydroxyl groups is 1. The normalized spacial score (nSPS) is 16.3. The smallest absolute Gasteiger partial charge is 0.242 e.